The van der Waals surface area contributed by atoms with E-state index in [4.69, 9.17) is 0 Å². The van der Waals surface area contributed by atoms with Gasteiger partial charge in [0, 0.05) is 22.3 Å². The first-order valence-corrected chi connectivity index (χ1v) is 6.93. The van der Waals surface area contributed by atoms with Gasteiger partial charge < -0.3 is 39.6 Å². The molecule has 0 N–H and O–H groups in total. The second kappa shape index (κ2) is 11.2. The van der Waals surface area contributed by atoms with E-state index in [-0.39, 0.29) is 21.7 Å². The second-order valence-corrected chi connectivity index (χ2v) is 4.73. The number of carbonyl (C=O) groups is 4. The van der Waals surface area contributed by atoms with E-state index in [9.17, 15) is 49.4 Å². The molecule has 0 saturated carbocycles. The Morgan fingerprint density at radius 1 is 0.586 bits per heavy atom. The Bertz CT molecular complexity index is 910. The van der Waals surface area contributed by atoms with Crippen LogP contribution in [-0.2, 0) is 21.7 Å². The third-order valence-corrected chi connectivity index (χ3v) is 3.13. The Balaban J connectivity index is 0.000000523. The number of aromatic carboxylic acids is 4. The van der Waals surface area contributed by atoms with Crippen LogP contribution in [0.5, 0.6) is 0 Å². The maximum Gasteiger partial charge on any atom is 4.00 e. The van der Waals surface area contributed by atoms with Crippen molar-refractivity contribution in [1.29, 1.82) is 0 Å². The topological polar surface area (TPSA) is 219 Å². The average molecular weight is 434 g/mol. The molecule has 0 atom stereocenters. The molecule has 0 heterocycles. The largest absolute Gasteiger partial charge is 4.00 e. The van der Waals surface area contributed by atoms with Crippen LogP contribution >= 0.6 is 0 Å². The van der Waals surface area contributed by atoms with Crippen LogP contribution in [0.25, 0.3) is 0 Å². The summed E-state index contributed by atoms with van der Waals surface area (Å²) in [6.07, 6.45) is 0. The van der Waals surface area contributed by atoms with Gasteiger partial charge in [-0.2, -0.15) is 0 Å². The molecule has 0 radical (unpaired) electrons. The number of carbonyl (C=O) groups excluding carboxylic acids is 4. The van der Waals surface area contributed by atoms with Crippen LogP contribution in [0.1, 0.15) is 41.4 Å². The molecule has 0 saturated heterocycles. The first-order chi connectivity index (χ1) is 13.1. The first kappa shape index (κ1) is 25.2. The van der Waals surface area contributed by atoms with Crippen LogP contribution in [0.2, 0.25) is 0 Å². The molecule has 0 aliphatic carbocycles. The zero-order valence-corrected chi connectivity index (χ0v) is 15.5. The molecule has 2 aromatic carbocycles. The van der Waals surface area contributed by atoms with E-state index in [1.165, 1.54) is 12.1 Å². The normalized spacial score (nSPS) is 9.10. The number of carboxylic acid groups (broad SMARTS) is 4. The molecule has 0 fully saturated rings. The quantitative estimate of drug-likeness (QED) is 0.347. The van der Waals surface area contributed by atoms with Crippen molar-refractivity contribution in [3.8, 4) is 0 Å². The fourth-order valence-electron chi connectivity index (χ4n) is 2.00. The maximum atomic E-state index is 10.5. The van der Waals surface area contributed by atoms with Gasteiger partial charge >= 0.3 is 21.7 Å². The van der Waals surface area contributed by atoms with E-state index in [0.717, 1.165) is 24.3 Å². The van der Waals surface area contributed by atoms with Gasteiger partial charge in [-0.05, 0) is 22.5 Å². The van der Waals surface area contributed by atoms with Gasteiger partial charge in [0.15, 0.2) is 0 Å². The van der Waals surface area contributed by atoms with E-state index in [1.807, 2.05) is 0 Å². The molecule has 12 nitrogen and oxygen atoms in total. The van der Waals surface area contributed by atoms with Crippen molar-refractivity contribution in [2.45, 2.75) is 0 Å². The van der Waals surface area contributed by atoms with E-state index in [0.29, 0.717) is 0 Å². The van der Waals surface area contributed by atoms with Gasteiger partial charge in [0.05, 0.1) is 23.9 Å². The van der Waals surface area contributed by atoms with Crippen molar-refractivity contribution >= 4 is 35.3 Å². The molecule has 0 aliphatic heterocycles. The summed E-state index contributed by atoms with van der Waals surface area (Å²) in [4.78, 5) is 62.2. The van der Waals surface area contributed by atoms with Crippen molar-refractivity contribution in [3.05, 3.63) is 68.5 Å². The van der Waals surface area contributed by atoms with Crippen molar-refractivity contribution in [3.63, 3.8) is 0 Å². The summed E-state index contributed by atoms with van der Waals surface area (Å²) in [7, 11) is 0. The molecule has 13 heteroatoms. The summed E-state index contributed by atoms with van der Waals surface area (Å²) in [5, 5.41) is 46.7. The number of nitrogens with zero attached hydrogens (tertiary/aromatic N) is 2. The molecule has 0 aromatic heterocycles. The van der Waals surface area contributed by atoms with E-state index in [2.05, 4.69) is 10.4 Å². The predicted octanol–water partition coefficient (Wildman–Crippen LogP) is -2.38. The van der Waals surface area contributed by atoms with Gasteiger partial charge in [0.1, 0.15) is 11.4 Å². The molecule has 29 heavy (non-hydrogen) atoms. The number of nitroso groups, excluding NO2 is 2. The SMILES string of the molecule is O=Nc1cccc(C(=O)[O-])c1C(=O)[O-].O=Nc1cccc(C(=O)[O-])c1C(=O)[O-].[Ti+4]. The van der Waals surface area contributed by atoms with E-state index in [1.54, 1.807) is 0 Å². The molecule has 0 unspecified atom stereocenters. The summed E-state index contributed by atoms with van der Waals surface area (Å²) < 4.78 is 0. The van der Waals surface area contributed by atoms with Crippen LogP contribution in [0, 0.1) is 9.81 Å². The van der Waals surface area contributed by atoms with Crippen molar-refractivity contribution in [1.82, 2.24) is 0 Å². The monoisotopic (exact) mass is 434 g/mol. The zero-order valence-electron chi connectivity index (χ0n) is 13.9. The minimum absolute atomic E-state index is 0. The number of rotatable bonds is 6. The van der Waals surface area contributed by atoms with Gasteiger partial charge in [-0.15, -0.1) is 9.81 Å². The standard InChI is InChI=1S/2C8H5NO5.Ti/c2*10-7(11)4-2-1-3-5(9-14)6(4)8(12)13;/h2*1-3H,(H,10,11)(H,12,13);/q;;+4/p-4. The Hall–Kier alpha value is -3.77. The molecule has 0 spiro atoms. The van der Waals surface area contributed by atoms with Crippen LogP contribution in [0.3, 0.4) is 0 Å². The second-order valence-electron chi connectivity index (χ2n) is 4.73. The Kier molecular flexibility index (Phi) is 9.71. The fraction of sp³-hybridized carbons (Fsp3) is 0. The van der Waals surface area contributed by atoms with Crippen LogP contribution in [0.4, 0.5) is 11.4 Å². The molecular formula is C16H6N2O10Ti. The van der Waals surface area contributed by atoms with Gasteiger partial charge in [0.2, 0.25) is 0 Å². The van der Waals surface area contributed by atoms with Gasteiger partial charge in [-0.1, -0.05) is 24.3 Å². The van der Waals surface area contributed by atoms with Gasteiger partial charge in [-0.25, -0.2) is 0 Å². The van der Waals surface area contributed by atoms with E-state index >= 15 is 0 Å². The third kappa shape index (κ3) is 6.12. The molecule has 144 valence electrons. The summed E-state index contributed by atoms with van der Waals surface area (Å²) in [5.74, 6) is -6.96. The molecule has 0 amide bonds. The van der Waals surface area contributed by atoms with Gasteiger partial charge in [-0.3, -0.25) is 0 Å². The smallest absolute Gasteiger partial charge is 0.545 e. The van der Waals surface area contributed by atoms with Crippen molar-refractivity contribution in [2.75, 3.05) is 0 Å². The summed E-state index contributed by atoms with van der Waals surface area (Å²) in [6.45, 7) is 0. The fourth-order valence-corrected chi connectivity index (χ4v) is 2.00. The minimum Gasteiger partial charge on any atom is -0.545 e. The number of benzene rings is 2. The maximum absolute atomic E-state index is 10.5. The summed E-state index contributed by atoms with van der Waals surface area (Å²) in [6, 6.07) is 6.52. The molecule has 2 aromatic rings. The number of carboxylic acids is 4. The third-order valence-electron chi connectivity index (χ3n) is 3.13. The van der Waals surface area contributed by atoms with E-state index < -0.39 is 57.5 Å². The Morgan fingerprint density at radius 3 is 1.10 bits per heavy atom. The number of hydrogen-bond donors (Lipinski definition) is 0. The molecule has 0 bridgehead atoms. The molecular weight excluding hydrogens is 428 g/mol. The summed E-state index contributed by atoms with van der Waals surface area (Å²) >= 11 is 0. The summed E-state index contributed by atoms with van der Waals surface area (Å²) in [5.41, 5.74) is -3.76. The average Bonchev–Trinajstić information content (AvgIpc) is 2.66. The van der Waals surface area contributed by atoms with Crippen LogP contribution in [-0.4, -0.2) is 23.9 Å². The molecule has 0 aliphatic rings. The van der Waals surface area contributed by atoms with Crippen LogP contribution in [0.15, 0.2) is 46.8 Å². The van der Waals surface area contributed by atoms with Crippen molar-refractivity contribution in [2.24, 2.45) is 10.4 Å². The zero-order chi connectivity index (χ0) is 21.4. The minimum atomic E-state index is -1.78. The Labute approximate surface area is 175 Å². The molecule has 2 rings (SSSR count). The van der Waals surface area contributed by atoms with Crippen molar-refractivity contribution < 1.29 is 61.3 Å². The van der Waals surface area contributed by atoms with Gasteiger partial charge in [0.25, 0.3) is 0 Å². The number of hydrogen-bond acceptors (Lipinski definition) is 12. The first-order valence-electron chi connectivity index (χ1n) is 6.93. The Morgan fingerprint density at radius 2 is 0.897 bits per heavy atom. The predicted molar refractivity (Wildman–Crippen MR) is 81.1 cm³/mol. The van der Waals surface area contributed by atoms with Crippen LogP contribution < -0.4 is 20.4 Å².